The number of rotatable bonds is 9. The molecule has 2 aromatic rings. The molecule has 226 valence electrons. The van der Waals surface area contributed by atoms with Gasteiger partial charge in [0.1, 0.15) is 16.9 Å². The molecule has 42 heavy (non-hydrogen) atoms. The Morgan fingerprint density at radius 3 is 2.40 bits per heavy atom. The van der Waals surface area contributed by atoms with Gasteiger partial charge in [-0.1, -0.05) is 36.1 Å². The Kier molecular flexibility index (Phi) is 12.9. The first-order chi connectivity index (χ1) is 19.9. The van der Waals surface area contributed by atoms with Crippen molar-refractivity contribution in [2.45, 2.75) is 23.3 Å². The number of carbonyl (C=O) groups excluding carboxylic acids is 1. The van der Waals surface area contributed by atoms with Gasteiger partial charge in [-0.3, -0.25) is 9.32 Å². The van der Waals surface area contributed by atoms with E-state index >= 15 is 0 Å². The third-order valence-electron chi connectivity index (χ3n) is 5.94. The second kappa shape index (κ2) is 15.9. The van der Waals surface area contributed by atoms with Crippen molar-refractivity contribution in [1.29, 1.82) is 0 Å². The van der Waals surface area contributed by atoms with E-state index in [1.165, 1.54) is 23.7 Å². The molecule has 2 heterocycles. The second-order valence-corrected chi connectivity index (χ2v) is 13.2. The standard InChI is InChI=1S/C26H28N4O3S3.CH5O4P/c1-26(32,35-2)25-27-13-14-29(25)15-23(34)12-5-19-3-6-20(7-4-19)21-8-10-22(11-9-21)33-18-36-30-16-24(31)28-17-30;1-5-6(2,3)4/h3-4,6-11,13-15,23,25,27,32H,16-18H2,1-2H3,(H-,28,31,34);1H3,(H2,2,3,4)/p+1/b29-15-;. The van der Waals surface area contributed by atoms with Crippen molar-refractivity contribution in [2.24, 2.45) is 0 Å². The summed E-state index contributed by atoms with van der Waals surface area (Å²) in [5, 5.41) is 16.2. The van der Waals surface area contributed by atoms with Crippen LogP contribution in [-0.4, -0.2) is 84.8 Å². The fourth-order valence-corrected chi connectivity index (χ4v) is 4.96. The molecule has 5 N–H and O–H groups in total. The van der Waals surface area contributed by atoms with E-state index in [4.69, 9.17) is 14.5 Å². The fourth-order valence-electron chi connectivity index (χ4n) is 3.63. The first-order valence-electron chi connectivity index (χ1n) is 12.5. The van der Waals surface area contributed by atoms with E-state index in [0.717, 1.165) is 29.5 Å². The zero-order valence-electron chi connectivity index (χ0n) is 23.2. The van der Waals surface area contributed by atoms with Crippen LogP contribution in [0.1, 0.15) is 12.5 Å². The van der Waals surface area contributed by atoms with Crippen molar-refractivity contribution in [3.05, 3.63) is 66.5 Å². The lowest BCUT2D eigenvalue weighted by molar-refractivity contribution is -0.506. The molecular formula is C27H34N4O7PS3+. The van der Waals surface area contributed by atoms with E-state index in [-0.39, 0.29) is 17.3 Å². The Balaban J connectivity index is 0.000000730. The number of phosphoric acid groups is 1. The summed E-state index contributed by atoms with van der Waals surface area (Å²) in [7, 11) is -3.20. The first kappa shape index (κ1) is 34.1. The minimum atomic E-state index is -4.15. The zero-order chi connectivity index (χ0) is 30.8. The van der Waals surface area contributed by atoms with Gasteiger partial charge in [-0.05, 0) is 60.5 Å². The molecule has 2 aliphatic rings. The largest absolute Gasteiger partial charge is 0.482 e. The van der Waals surface area contributed by atoms with Gasteiger partial charge >= 0.3 is 7.82 Å². The molecule has 1 fully saturated rings. The molecule has 0 radical (unpaired) electrons. The van der Waals surface area contributed by atoms with Crippen LogP contribution >= 0.6 is 44.2 Å². The van der Waals surface area contributed by atoms with E-state index in [1.807, 2.05) is 82.3 Å². The Morgan fingerprint density at radius 1 is 1.24 bits per heavy atom. The number of amides is 1. The highest BCUT2D eigenvalue weighted by Gasteiger charge is 2.41. The maximum Gasteiger partial charge on any atom is 0.469 e. The number of phosphoric ester groups is 1. The summed E-state index contributed by atoms with van der Waals surface area (Å²) >= 11 is 7.46. The monoisotopic (exact) mass is 653 g/mol. The molecular weight excluding hydrogens is 619 g/mol. The number of nitrogens with one attached hydrogen (secondary N) is 2. The number of nitrogens with zero attached hydrogens (tertiary/aromatic N) is 2. The van der Waals surface area contributed by atoms with Crippen LogP contribution in [0.2, 0.25) is 0 Å². The maximum atomic E-state index is 11.2. The van der Waals surface area contributed by atoms with Crippen LogP contribution in [0.25, 0.3) is 11.1 Å². The van der Waals surface area contributed by atoms with Crippen LogP contribution in [0.3, 0.4) is 0 Å². The predicted octanol–water partition coefficient (Wildman–Crippen LogP) is 2.66. The van der Waals surface area contributed by atoms with Crippen LogP contribution < -0.4 is 15.4 Å². The summed E-state index contributed by atoms with van der Waals surface area (Å²) in [6.45, 7) is 2.73. The first-order valence-corrected chi connectivity index (χ1v) is 16.7. The van der Waals surface area contributed by atoms with Crippen LogP contribution in [-0.2, 0) is 13.9 Å². The number of hydrogen-bond acceptors (Lipinski definition) is 10. The Morgan fingerprint density at radius 2 is 1.86 bits per heavy atom. The quantitative estimate of drug-likeness (QED) is 0.0594. The summed E-state index contributed by atoms with van der Waals surface area (Å²) in [4.78, 5) is 25.7. The number of aliphatic hydroxyl groups is 1. The van der Waals surface area contributed by atoms with Gasteiger partial charge in [0.2, 0.25) is 5.91 Å². The van der Waals surface area contributed by atoms with Crippen molar-refractivity contribution >= 4 is 56.3 Å². The van der Waals surface area contributed by atoms with Gasteiger partial charge in [0.25, 0.3) is 6.17 Å². The lowest BCUT2D eigenvalue weighted by atomic mass is 10.0. The van der Waals surface area contributed by atoms with E-state index in [1.54, 1.807) is 6.92 Å². The second-order valence-electron chi connectivity index (χ2n) is 9.02. The van der Waals surface area contributed by atoms with Crippen LogP contribution in [0.15, 0.2) is 60.9 Å². The van der Waals surface area contributed by atoms with Crippen molar-refractivity contribution in [3.63, 3.8) is 0 Å². The fraction of sp³-hybridized carbons (Fsp3) is 0.333. The third-order valence-corrected chi connectivity index (χ3v) is 8.58. The highest BCUT2D eigenvalue weighted by Crippen LogP contribution is 2.33. The van der Waals surface area contributed by atoms with Crippen molar-refractivity contribution in [1.82, 2.24) is 14.9 Å². The van der Waals surface area contributed by atoms with E-state index in [2.05, 4.69) is 39.6 Å². The molecule has 1 saturated heterocycles. The average molecular weight is 654 g/mol. The van der Waals surface area contributed by atoms with Crippen molar-refractivity contribution in [3.8, 4) is 28.7 Å². The van der Waals surface area contributed by atoms with E-state index in [0.29, 0.717) is 19.2 Å². The molecule has 11 nitrogen and oxygen atoms in total. The number of thiol groups is 1. The number of carbonyl (C=O) groups is 1. The van der Waals surface area contributed by atoms with E-state index < -0.39 is 12.8 Å². The van der Waals surface area contributed by atoms with Gasteiger partial charge in [-0.15, -0.1) is 11.8 Å². The van der Waals surface area contributed by atoms with Crippen LogP contribution in [0.4, 0.5) is 0 Å². The molecule has 0 saturated carbocycles. The lowest BCUT2D eigenvalue weighted by Gasteiger charge is -2.24. The van der Waals surface area contributed by atoms with Gasteiger partial charge in [0.15, 0.2) is 17.3 Å². The molecule has 4 rings (SSSR count). The lowest BCUT2D eigenvalue weighted by Crippen LogP contribution is -2.48. The highest BCUT2D eigenvalue weighted by molar-refractivity contribution is 7.99. The molecule has 0 spiro atoms. The molecule has 2 aromatic carbocycles. The zero-order valence-corrected chi connectivity index (χ0v) is 26.6. The molecule has 3 unspecified atom stereocenters. The third kappa shape index (κ3) is 11.0. The van der Waals surface area contributed by atoms with E-state index in [9.17, 15) is 14.5 Å². The Bertz CT molecular complexity index is 1370. The molecule has 0 aliphatic carbocycles. The van der Waals surface area contributed by atoms with Crippen molar-refractivity contribution < 1.29 is 38.1 Å². The van der Waals surface area contributed by atoms with Gasteiger partial charge in [-0.25, -0.2) is 8.87 Å². The summed E-state index contributed by atoms with van der Waals surface area (Å²) < 4.78 is 22.7. The molecule has 2 aliphatic heterocycles. The van der Waals surface area contributed by atoms with Gasteiger partial charge < -0.3 is 30.3 Å². The van der Waals surface area contributed by atoms with Crippen molar-refractivity contribution in [2.75, 3.05) is 32.5 Å². The average Bonchev–Trinajstić information content (AvgIpc) is 3.61. The Hall–Kier alpha value is -2.44. The summed E-state index contributed by atoms with van der Waals surface area (Å²) in [6.07, 6.45) is 7.18. The smallest absolute Gasteiger partial charge is 0.469 e. The SMILES string of the molecule is COP(=O)(O)O.CSC(C)(O)C1NC=C/[N+]1=C/C(S)C#Cc1ccc(-c2ccc(OCSN3CNC(=O)C3)cc2)cc1. The molecule has 3 atom stereocenters. The molecule has 0 aromatic heterocycles. The predicted molar refractivity (Wildman–Crippen MR) is 170 cm³/mol. The molecule has 0 bridgehead atoms. The molecule has 15 heteroatoms. The normalized spacial score (nSPS) is 19.5. The summed E-state index contributed by atoms with van der Waals surface area (Å²) in [5.74, 6) is 7.60. The minimum Gasteiger partial charge on any atom is -0.482 e. The number of hydrogen-bond donors (Lipinski definition) is 6. The maximum absolute atomic E-state index is 11.2. The number of ether oxygens (including phenoxy) is 1. The van der Waals surface area contributed by atoms with Crippen LogP contribution in [0.5, 0.6) is 5.75 Å². The summed E-state index contributed by atoms with van der Waals surface area (Å²) in [5.41, 5.74) is 3.08. The number of benzene rings is 2. The highest BCUT2D eigenvalue weighted by atomic mass is 32.2. The van der Waals surface area contributed by atoms with Gasteiger partial charge in [-0.2, -0.15) is 17.2 Å². The number of thioether (sulfide) groups is 1. The topological polar surface area (TPSA) is 144 Å². The van der Waals surface area contributed by atoms with Crippen LogP contribution in [0, 0.1) is 11.8 Å². The Labute approximate surface area is 259 Å². The summed E-state index contributed by atoms with van der Waals surface area (Å²) in [6, 6.07) is 16.0. The van der Waals surface area contributed by atoms with Gasteiger partial charge in [0.05, 0.1) is 19.4 Å². The minimum absolute atomic E-state index is 0.0414. The molecule has 1 amide bonds. The van der Waals surface area contributed by atoms with Gasteiger partial charge in [0, 0.05) is 12.7 Å².